The molecule has 0 spiro atoms. The monoisotopic (exact) mass is 361 g/mol. The third-order valence-electron chi connectivity index (χ3n) is 2.66. The summed E-state index contributed by atoms with van der Waals surface area (Å²) in [5, 5.41) is 0.736. The van der Waals surface area contributed by atoms with Gasteiger partial charge >= 0.3 is 0 Å². The minimum Gasteiger partial charge on any atom is -0.323 e. The topological polar surface area (TPSA) is 43.8 Å². The Morgan fingerprint density at radius 1 is 1.53 bits per heavy atom. The van der Waals surface area contributed by atoms with E-state index in [0.717, 1.165) is 26.4 Å². The number of benzene rings is 1. The highest BCUT2D eigenvalue weighted by atomic mass is 127. The van der Waals surface area contributed by atoms with Crippen LogP contribution in [0.3, 0.4) is 0 Å². The maximum absolute atomic E-state index is 6.07. The SMILES string of the molecule is CC[C@@H](N)c1cncn1-c1ccc(Cl)cc1I. The lowest BCUT2D eigenvalue weighted by molar-refractivity contribution is 0.659. The van der Waals surface area contributed by atoms with Gasteiger partial charge in [0, 0.05) is 14.6 Å². The number of imidazole rings is 1. The molecule has 2 aromatic rings. The van der Waals surface area contributed by atoms with Crippen LogP contribution in [-0.2, 0) is 0 Å². The van der Waals surface area contributed by atoms with E-state index in [9.17, 15) is 0 Å². The highest BCUT2D eigenvalue weighted by Crippen LogP contribution is 2.24. The van der Waals surface area contributed by atoms with Gasteiger partial charge in [-0.05, 0) is 47.2 Å². The highest BCUT2D eigenvalue weighted by Gasteiger charge is 2.12. The minimum absolute atomic E-state index is 0.00368. The summed E-state index contributed by atoms with van der Waals surface area (Å²) in [7, 11) is 0. The van der Waals surface area contributed by atoms with E-state index in [1.807, 2.05) is 29.0 Å². The maximum atomic E-state index is 6.07. The van der Waals surface area contributed by atoms with Crippen LogP contribution in [0.5, 0.6) is 0 Å². The van der Waals surface area contributed by atoms with Crippen LogP contribution < -0.4 is 5.73 Å². The molecule has 0 radical (unpaired) electrons. The van der Waals surface area contributed by atoms with Crippen LogP contribution >= 0.6 is 34.2 Å². The van der Waals surface area contributed by atoms with Crippen molar-refractivity contribution >= 4 is 34.2 Å². The number of halogens is 2. The quantitative estimate of drug-likeness (QED) is 0.850. The van der Waals surface area contributed by atoms with Crippen molar-refractivity contribution in [3.05, 3.63) is 45.0 Å². The molecule has 1 heterocycles. The van der Waals surface area contributed by atoms with E-state index in [1.165, 1.54) is 0 Å². The summed E-state index contributed by atoms with van der Waals surface area (Å²) in [5.74, 6) is 0. The maximum Gasteiger partial charge on any atom is 0.0995 e. The smallest absolute Gasteiger partial charge is 0.0995 e. The van der Waals surface area contributed by atoms with Gasteiger partial charge in [0.2, 0.25) is 0 Å². The van der Waals surface area contributed by atoms with E-state index in [-0.39, 0.29) is 6.04 Å². The van der Waals surface area contributed by atoms with Crippen molar-refractivity contribution < 1.29 is 0 Å². The lowest BCUT2D eigenvalue weighted by atomic mass is 10.2. The van der Waals surface area contributed by atoms with Gasteiger partial charge in [-0.1, -0.05) is 18.5 Å². The molecule has 17 heavy (non-hydrogen) atoms. The summed E-state index contributed by atoms with van der Waals surface area (Å²) in [4.78, 5) is 4.18. The van der Waals surface area contributed by atoms with Gasteiger partial charge in [-0.2, -0.15) is 0 Å². The second kappa shape index (κ2) is 5.37. The van der Waals surface area contributed by atoms with E-state index >= 15 is 0 Å². The second-order valence-corrected chi connectivity index (χ2v) is 5.40. The van der Waals surface area contributed by atoms with Gasteiger partial charge in [0.25, 0.3) is 0 Å². The zero-order chi connectivity index (χ0) is 12.4. The first-order chi connectivity index (χ1) is 8.13. The summed E-state index contributed by atoms with van der Waals surface area (Å²) in [6.45, 7) is 2.06. The number of nitrogens with zero attached hydrogens (tertiary/aromatic N) is 2. The molecule has 0 amide bonds. The van der Waals surface area contributed by atoms with Crippen LogP contribution in [0.1, 0.15) is 25.1 Å². The summed E-state index contributed by atoms with van der Waals surface area (Å²) in [5.41, 5.74) is 8.15. The molecule has 0 bridgehead atoms. The first kappa shape index (κ1) is 12.9. The predicted octanol–water partition coefficient (Wildman–Crippen LogP) is 3.54. The van der Waals surface area contributed by atoms with Crippen molar-refractivity contribution in [2.24, 2.45) is 5.73 Å². The van der Waals surface area contributed by atoms with Crippen molar-refractivity contribution in [2.75, 3.05) is 0 Å². The lowest BCUT2D eigenvalue weighted by Gasteiger charge is -2.14. The Kier molecular flexibility index (Phi) is 4.06. The van der Waals surface area contributed by atoms with Crippen molar-refractivity contribution in [1.29, 1.82) is 0 Å². The van der Waals surface area contributed by atoms with Gasteiger partial charge < -0.3 is 10.3 Å². The summed E-state index contributed by atoms with van der Waals surface area (Å²) < 4.78 is 3.10. The second-order valence-electron chi connectivity index (χ2n) is 3.80. The summed E-state index contributed by atoms with van der Waals surface area (Å²) in [6.07, 6.45) is 4.49. The van der Waals surface area contributed by atoms with Crippen LogP contribution in [0, 0.1) is 3.57 Å². The van der Waals surface area contributed by atoms with Crippen molar-refractivity contribution in [3.63, 3.8) is 0 Å². The normalized spacial score (nSPS) is 12.7. The Morgan fingerprint density at radius 3 is 2.94 bits per heavy atom. The van der Waals surface area contributed by atoms with Gasteiger partial charge in [-0.3, -0.25) is 0 Å². The first-order valence-electron chi connectivity index (χ1n) is 5.36. The zero-order valence-corrected chi connectivity index (χ0v) is 12.3. The van der Waals surface area contributed by atoms with Crippen LogP contribution in [0.2, 0.25) is 5.02 Å². The van der Waals surface area contributed by atoms with Crippen LogP contribution in [0.4, 0.5) is 0 Å². The Balaban J connectivity index is 2.50. The van der Waals surface area contributed by atoms with E-state index in [1.54, 1.807) is 6.33 Å². The Bertz CT molecular complexity index is 524. The molecule has 1 atom stereocenters. The fourth-order valence-corrected chi connectivity index (χ4v) is 2.80. The van der Waals surface area contributed by atoms with Crippen molar-refractivity contribution in [2.45, 2.75) is 19.4 Å². The fraction of sp³-hybridized carbons (Fsp3) is 0.250. The molecule has 0 aliphatic carbocycles. The third kappa shape index (κ3) is 2.64. The molecule has 5 heteroatoms. The van der Waals surface area contributed by atoms with E-state index in [4.69, 9.17) is 17.3 Å². The number of aromatic nitrogens is 2. The predicted molar refractivity (Wildman–Crippen MR) is 78.5 cm³/mol. The standard InChI is InChI=1S/C12H13ClIN3/c1-2-10(15)12-6-16-7-17(12)11-4-3-8(13)5-9(11)14/h3-7,10H,2,15H2,1H3/t10-/m1/s1. The molecule has 0 aliphatic rings. The van der Waals surface area contributed by atoms with Crippen LogP contribution in [-0.4, -0.2) is 9.55 Å². The lowest BCUT2D eigenvalue weighted by Crippen LogP contribution is -2.13. The summed E-state index contributed by atoms with van der Waals surface area (Å²) >= 11 is 8.22. The Labute approximate surface area is 119 Å². The van der Waals surface area contributed by atoms with Crippen LogP contribution in [0.25, 0.3) is 5.69 Å². The van der Waals surface area contributed by atoms with E-state index < -0.39 is 0 Å². The molecule has 1 aromatic heterocycles. The highest BCUT2D eigenvalue weighted by molar-refractivity contribution is 14.1. The molecule has 0 fully saturated rings. The molecule has 0 saturated carbocycles. The Hall–Kier alpha value is -0.590. The van der Waals surface area contributed by atoms with Gasteiger partial charge in [0.1, 0.15) is 0 Å². The van der Waals surface area contributed by atoms with Crippen molar-refractivity contribution in [1.82, 2.24) is 9.55 Å². The number of rotatable bonds is 3. The fourth-order valence-electron chi connectivity index (χ4n) is 1.67. The van der Waals surface area contributed by atoms with Crippen LogP contribution in [0.15, 0.2) is 30.7 Å². The molecule has 0 unspecified atom stereocenters. The van der Waals surface area contributed by atoms with Gasteiger partial charge in [0.15, 0.2) is 0 Å². The zero-order valence-electron chi connectivity index (χ0n) is 9.40. The molecular weight excluding hydrogens is 349 g/mol. The first-order valence-corrected chi connectivity index (χ1v) is 6.82. The minimum atomic E-state index is 0.00368. The number of hydrogen-bond donors (Lipinski definition) is 1. The average molecular weight is 362 g/mol. The average Bonchev–Trinajstić information content (AvgIpc) is 2.77. The number of hydrogen-bond acceptors (Lipinski definition) is 2. The third-order valence-corrected chi connectivity index (χ3v) is 3.76. The molecule has 3 nitrogen and oxygen atoms in total. The van der Waals surface area contributed by atoms with Gasteiger partial charge in [-0.15, -0.1) is 0 Å². The molecular formula is C12H13ClIN3. The van der Waals surface area contributed by atoms with E-state index in [2.05, 4.69) is 34.5 Å². The largest absolute Gasteiger partial charge is 0.323 e. The molecule has 90 valence electrons. The molecule has 0 saturated heterocycles. The number of nitrogens with two attached hydrogens (primary N) is 1. The molecule has 0 aliphatic heterocycles. The van der Waals surface area contributed by atoms with Crippen molar-refractivity contribution in [3.8, 4) is 5.69 Å². The Morgan fingerprint density at radius 2 is 2.29 bits per heavy atom. The van der Waals surface area contributed by atoms with Gasteiger partial charge in [0.05, 0.1) is 23.9 Å². The molecule has 2 rings (SSSR count). The molecule has 1 aromatic carbocycles. The van der Waals surface area contributed by atoms with E-state index in [0.29, 0.717) is 0 Å². The molecule has 2 N–H and O–H groups in total. The van der Waals surface area contributed by atoms with Gasteiger partial charge in [-0.25, -0.2) is 4.98 Å². The summed E-state index contributed by atoms with van der Waals surface area (Å²) in [6, 6.07) is 5.79.